The summed E-state index contributed by atoms with van der Waals surface area (Å²) in [6.07, 6.45) is 16.0. The van der Waals surface area contributed by atoms with Gasteiger partial charge >= 0.3 is 29.6 Å². The van der Waals surface area contributed by atoms with Gasteiger partial charge in [-0.1, -0.05) is 71.3 Å². The van der Waals surface area contributed by atoms with Gasteiger partial charge in [0.1, 0.15) is 5.75 Å². The first-order chi connectivity index (χ1) is 14.0. The fourth-order valence-corrected chi connectivity index (χ4v) is 4.14. The summed E-state index contributed by atoms with van der Waals surface area (Å²) in [7, 11) is -4.12. The Morgan fingerprint density at radius 3 is 1.90 bits per heavy atom. The van der Waals surface area contributed by atoms with E-state index in [0.717, 1.165) is 18.6 Å². The Morgan fingerprint density at radius 2 is 1.33 bits per heavy atom. The molecule has 1 aromatic rings. The van der Waals surface area contributed by atoms with Crippen LogP contribution in [0.2, 0.25) is 0 Å². The number of ether oxygens (including phenoxy) is 1. The van der Waals surface area contributed by atoms with Gasteiger partial charge in [0.25, 0.3) is 0 Å². The minimum Gasteiger partial charge on any atom is -0.748 e. The quantitative estimate of drug-likeness (QED) is 0.196. The minimum atomic E-state index is -4.12. The molecule has 0 heterocycles. The van der Waals surface area contributed by atoms with Crippen LogP contribution >= 0.6 is 0 Å². The zero-order chi connectivity index (χ0) is 21.4. The van der Waals surface area contributed by atoms with Crippen LogP contribution in [0.25, 0.3) is 0 Å². The monoisotopic (exact) mass is 448 g/mol. The molecule has 0 fully saturated rings. The molecule has 0 amide bonds. The molecular weight excluding hydrogens is 407 g/mol. The summed E-state index contributed by atoms with van der Waals surface area (Å²) in [6, 6.07) is 6.41. The molecule has 0 unspecified atom stereocenters. The van der Waals surface area contributed by atoms with E-state index in [1.165, 1.54) is 75.3 Å². The van der Waals surface area contributed by atoms with Gasteiger partial charge < -0.3 is 9.29 Å². The second kappa shape index (κ2) is 18.5. The zero-order valence-corrected chi connectivity index (χ0v) is 22.4. The van der Waals surface area contributed by atoms with E-state index in [0.29, 0.717) is 19.4 Å². The predicted octanol–water partition coefficient (Wildman–Crippen LogP) is 3.42. The Bertz CT molecular complexity index is 647. The molecule has 0 aromatic heterocycles. The number of rotatable bonds is 18. The van der Waals surface area contributed by atoms with Crippen molar-refractivity contribution >= 4 is 10.1 Å². The van der Waals surface area contributed by atoms with Gasteiger partial charge in [0.2, 0.25) is 0 Å². The van der Waals surface area contributed by atoms with Crippen LogP contribution in [0.3, 0.4) is 0 Å². The Balaban J connectivity index is 0.00000841. The van der Waals surface area contributed by atoms with Crippen molar-refractivity contribution in [3.8, 4) is 5.75 Å². The van der Waals surface area contributed by atoms with Gasteiger partial charge in [0, 0.05) is 5.75 Å². The van der Waals surface area contributed by atoms with E-state index in [-0.39, 0.29) is 35.3 Å². The predicted molar refractivity (Wildman–Crippen MR) is 121 cm³/mol. The summed E-state index contributed by atoms with van der Waals surface area (Å²) in [4.78, 5) is 0. The van der Waals surface area contributed by atoms with E-state index in [1.54, 1.807) is 0 Å². The summed E-state index contributed by atoms with van der Waals surface area (Å²) in [6.45, 7) is 4.93. The van der Waals surface area contributed by atoms with E-state index in [9.17, 15) is 13.0 Å². The average Bonchev–Trinajstić information content (AvgIpc) is 2.67. The standard InChI is InChI=1S/C24H42O4S.Na/c1-3-5-7-9-11-15-22-17-18-24(28-19-13-14-20-29(25,26)27)21-23(22)16-12-10-8-6-4-2;/h17-18,21H,3-16,19-20H2,1-2H3,(H,25,26,27);/q;+1/p-1. The van der Waals surface area contributed by atoms with E-state index in [4.69, 9.17) is 4.74 Å². The molecule has 6 heteroatoms. The van der Waals surface area contributed by atoms with E-state index in [2.05, 4.69) is 26.0 Å². The first-order valence-corrected chi connectivity index (χ1v) is 13.2. The van der Waals surface area contributed by atoms with Crippen molar-refractivity contribution in [3.05, 3.63) is 29.3 Å². The van der Waals surface area contributed by atoms with Crippen LogP contribution in [0.15, 0.2) is 18.2 Å². The number of aryl methyl sites for hydroxylation is 2. The molecule has 0 aliphatic heterocycles. The van der Waals surface area contributed by atoms with Crippen LogP contribution in [0.1, 0.15) is 102 Å². The van der Waals surface area contributed by atoms with Crippen LogP contribution in [-0.2, 0) is 23.0 Å². The molecule has 1 rings (SSSR count). The Hall–Kier alpha value is -0.0700. The molecule has 0 aliphatic carbocycles. The molecule has 0 N–H and O–H groups in total. The first-order valence-electron chi connectivity index (χ1n) is 11.6. The van der Waals surface area contributed by atoms with Crippen molar-refractivity contribution in [1.82, 2.24) is 0 Å². The summed E-state index contributed by atoms with van der Waals surface area (Å²) in [5, 5.41) is 0. The largest absolute Gasteiger partial charge is 1.00 e. The summed E-state index contributed by atoms with van der Waals surface area (Å²) in [5.74, 6) is 0.546. The molecular formula is C24H41NaO4S. The molecule has 0 radical (unpaired) electrons. The van der Waals surface area contributed by atoms with Crippen molar-refractivity contribution in [2.24, 2.45) is 0 Å². The maximum Gasteiger partial charge on any atom is 1.00 e. The topological polar surface area (TPSA) is 66.4 Å². The zero-order valence-electron chi connectivity index (χ0n) is 19.6. The van der Waals surface area contributed by atoms with Crippen LogP contribution in [-0.4, -0.2) is 25.3 Å². The number of unbranched alkanes of at least 4 members (excludes halogenated alkanes) is 9. The van der Waals surface area contributed by atoms with Crippen LogP contribution in [0, 0.1) is 0 Å². The van der Waals surface area contributed by atoms with Gasteiger partial charge in [-0.05, 0) is 61.8 Å². The average molecular weight is 449 g/mol. The normalized spacial score (nSPS) is 11.3. The third-order valence-electron chi connectivity index (χ3n) is 5.33. The maximum atomic E-state index is 10.7. The number of benzene rings is 1. The van der Waals surface area contributed by atoms with Gasteiger partial charge in [0.15, 0.2) is 0 Å². The molecule has 30 heavy (non-hydrogen) atoms. The smallest absolute Gasteiger partial charge is 0.748 e. The molecule has 0 bridgehead atoms. The van der Waals surface area contributed by atoms with Crippen LogP contribution < -0.4 is 34.3 Å². The molecule has 0 aliphatic rings. The Labute approximate surface area is 207 Å². The second-order valence-corrected chi connectivity index (χ2v) is 9.60. The van der Waals surface area contributed by atoms with Crippen molar-refractivity contribution in [2.75, 3.05) is 12.4 Å². The third kappa shape index (κ3) is 15.7. The molecule has 0 atom stereocenters. The molecule has 0 saturated heterocycles. The Kier molecular flexibility index (Phi) is 18.5. The summed E-state index contributed by atoms with van der Waals surface area (Å²) < 4.78 is 37.8. The molecule has 0 spiro atoms. The molecule has 0 saturated carbocycles. The van der Waals surface area contributed by atoms with Gasteiger partial charge in [-0.2, -0.15) is 0 Å². The van der Waals surface area contributed by atoms with Crippen molar-refractivity contribution in [3.63, 3.8) is 0 Å². The van der Waals surface area contributed by atoms with Gasteiger partial charge in [0.05, 0.1) is 16.7 Å². The van der Waals surface area contributed by atoms with Crippen LogP contribution in [0.5, 0.6) is 5.75 Å². The SMILES string of the molecule is CCCCCCCc1ccc(OCCCCS(=O)(=O)[O-])cc1CCCCCCC.[Na+]. The summed E-state index contributed by atoms with van der Waals surface area (Å²) in [5.41, 5.74) is 2.85. The fraction of sp³-hybridized carbons (Fsp3) is 0.750. The minimum absolute atomic E-state index is 0. The molecule has 1 aromatic carbocycles. The van der Waals surface area contributed by atoms with Gasteiger partial charge in [-0.25, -0.2) is 8.42 Å². The first kappa shape index (κ1) is 29.9. The van der Waals surface area contributed by atoms with Gasteiger partial charge in [-0.3, -0.25) is 0 Å². The van der Waals surface area contributed by atoms with Crippen molar-refractivity contribution < 1.29 is 47.3 Å². The van der Waals surface area contributed by atoms with Gasteiger partial charge in [-0.15, -0.1) is 0 Å². The van der Waals surface area contributed by atoms with E-state index < -0.39 is 10.1 Å². The Morgan fingerprint density at radius 1 is 0.767 bits per heavy atom. The third-order valence-corrected chi connectivity index (χ3v) is 6.12. The summed E-state index contributed by atoms with van der Waals surface area (Å²) >= 11 is 0. The second-order valence-electron chi connectivity index (χ2n) is 8.08. The van der Waals surface area contributed by atoms with Crippen LogP contribution in [0.4, 0.5) is 0 Å². The maximum absolute atomic E-state index is 10.7. The van der Waals surface area contributed by atoms with Crippen molar-refractivity contribution in [1.29, 1.82) is 0 Å². The van der Waals surface area contributed by atoms with Crippen molar-refractivity contribution in [2.45, 2.75) is 104 Å². The van der Waals surface area contributed by atoms with E-state index in [1.807, 2.05) is 6.07 Å². The number of hydrogen-bond donors (Lipinski definition) is 0. The van der Waals surface area contributed by atoms with E-state index >= 15 is 0 Å². The molecule has 4 nitrogen and oxygen atoms in total. The fourth-order valence-electron chi connectivity index (χ4n) is 3.58. The number of hydrogen-bond acceptors (Lipinski definition) is 4. The molecule has 168 valence electrons.